The molecular formula is C26H21F6N3O2. The summed E-state index contributed by atoms with van der Waals surface area (Å²) in [6.45, 7) is -0.117. The summed E-state index contributed by atoms with van der Waals surface area (Å²) in [5.41, 5.74) is -4.03. The van der Waals surface area contributed by atoms with Gasteiger partial charge in [0.05, 0.1) is 20.8 Å². The molecule has 0 saturated carbocycles. The van der Waals surface area contributed by atoms with E-state index < -0.39 is 29.7 Å². The molecule has 0 aliphatic carbocycles. The van der Waals surface area contributed by atoms with Gasteiger partial charge < -0.3 is 14.4 Å². The fourth-order valence-corrected chi connectivity index (χ4v) is 3.80. The van der Waals surface area contributed by atoms with E-state index in [9.17, 15) is 26.3 Å². The molecule has 1 heterocycles. The highest BCUT2D eigenvalue weighted by molar-refractivity contribution is 6.16. The Balaban J connectivity index is 1.98. The predicted octanol–water partition coefficient (Wildman–Crippen LogP) is 6.23. The maximum Gasteiger partial charge on any atom is 0.443 e. The molecule has 0 amide bonds. The lowest BCUT2D eigenvalue weighted by Gasteiger charge is -2.39. The van der Waals surface area contributed by atoms with Crippen molar-refractivity contribution in [1.82, 2.24) is 4.90 Å². The van der Waals surface area contributed by atoms with Crippen LogP contribution in [-0.2, 0) is 6.54 Å². The fourth-order valence-electron chi connectivity index (χ4n) is 3.80. The fraction of sp³-hybridized carbons (Fsp3) is 0.231. The van der Waals surface area contributed by atoms with Crippen LogP contribution in [0.5, 0.6) is 11.5 Å². The van der Waals surface area contributed by atoms with Crippen LogP contribution >= 0.6 is 0 Å². The maximum atomic E-state index is 14.2. The minimum Gasteiger partial charge on any atom is -0.497 e. The molecule has 4 rings (SSSR count). The van der Waals surface area contributed by atoms with E-state index in [0.29, 0.717) is 17.1 Å². The third-order valence-electron chi connectivity index (χ3n) is 5.72. The first kappa shape index (κ1) is 26.1. The zero-order valence-corrected chi connectivity index (χ0v) is 19.6. The summed E-state index contributed by atoms with van der Waals surface area (Å²) < 4.78 is 95.7. The summed E-state index contributed by atoms with van der Waals surface area (Å²) in [4.78, 5) is 7.86. The topological polar surface area (TPSA) is 46.4 Å². The summed E-state index contributed by atoms with van der Waals surface area (Å²) in [7, 11) is 2.86. The van der Waals surface area contributed by atoms with Gasteiger partial charge in [-0.15, -0.1) is 0 Å². The van der Waals surface area contributed by atoms with Gasteiger partial charge in [-0.2, -0.15) is 26.3 Å². The van der Waals surface area contributed by atoms with Crippen LogP contribution in [0.3, 0.4) is 0 Å². The molecule has 0 spiro atoms. The van der Waals surface area contributed by atoms with Crippen molar-refractivity contribution in [2.75, 3.05) is 14.2 Å². The van der Waals surface area contributed by atoms with Gasteiger partial charge in [-0.3, -0.25) is 0 Å². The van der Waals surface area contributed by atoms with Crippen LogP contribution < -0.4 is 9.47 Å². The van der Waals surface area contributed by atoms with Crippen LogP contribution in [0.25, 0.3) is 0 Å². The monoisotopic (exact) mass is 521 g/mol. The SMILES string of the molecule is COc1ccc(CN2C(c3ccccc3)=NC(C(F)(F)F)(C(F)(F)F)N=C2c2ccc(OC)cc2)cc1. The number of nitrogens with zero attached hydrogens (tertiary/aromatic N) is 3. The van der Waals surface area contributed by atoms with E-state index in [-0.39, 0.29) is 17.7 Å². The minimum absolute atomic E-state index is 0.0236. The molecule has 3 aromatic rings. The molecular weight excluding hydrogens is 500 g/mol. The highest BCUT2D eigenvalue weighted by atomic mass is 19.4. The van der Waals surface area contributed by atoms with E-state index in [4.69, 9.17) is 9.47 Å². The van der Waals surface area contributed by atoms with Crippen LogP contribution in [-0.4, -0.2) is 48.8 Å². The Kier molecular flexibility index (Phi) is 6.90. The molecule has 0 aromatic heterocycles. The number of ether oxygens (including phenoxy) is 2. The summed E-state index contributed by atoms with van der Waals surface area (Å²) in [6, 6.07) is 19.6. The number of alkyl halides is 6. The molecule has 194 valence electrons. The Bertz CT molecular complexity index is 1270. The Labute approximate surface area is 208 Å². The minimum atomic E-state index is -5.87. The van der Waals surface area contributed by atoms with Crippen molar-refractivity contribution in [2.45, 2.75) is 24.6 Å². The molecule has 1 aliphatic heterocycles. The number of hydrogen-bond acceptors (Lipinski definition) is 5. The third kappa shape index (κ3) is 4.98. The Morgan fingerprint density at radius 1 is 0.649 bits per heavy atom. The smallest absolute Gasteiger partial charge is 0.443 e. The molecule has 37 heavy (non-hydrogen) atoms. The van der Waals surface area contributed by atoms with Crippen molar-refractivity contribution in [3.8, 4) is 11.5 Å². The molecule has 5 nitrogen and oxygen atoms in total. The van der Waals surface area contributed by atoms with Gasteiger partial charge in [0.15, 0.2) is 0 Å². The summed E-state index contributed by atoms with van der Waals surface area (Å²) >= 11 is 0. The second kappa shape index (κ2) is 9.79. The van der Waals surface area contributed by atoms with Crippen molar-refractivity contribution < 1.29 is 35.8 Å². The number of halogens is 6. The van der Waals surface area contributed by atoms with E-state index in [1.54, 1.807) is 30.3 Å². The lowest BCUT2D eigenvalue weighted by Crippen LogP contribution is -2.59. The number of aliphatic imine (C=N–C) groups is 2. The van der Waals surface area contributed by atoms with Gasteiger partial charge in [0, 0.05) is 11.1 Å². The molecule has 11 heteroatoms. The average molecular weight is 521 g/mol. The summed E-state index contributed by atoms with van der Waals surface area (Å²) in [5.74, 6) is -0.151. The first-order chi connectivity index (χ1) is 17.5. The molecule has 0 radical (unpaired) electrons. The first-order valence-electron chi connectivity index (χ1n) is 10.9. The molecule has 0 saturated heterocycles. The number of amidine groups is 2. The van der Waals surface area contributed by atoms with Crippen molar-refractivity contribution in [3.63, 3.8) is 0 Å². The zero-order chi connectivity index (χ0) is 26.8. The largest absolute Gasteiger partial charge is 0.497 e. The second-order valence-corrected chi connectivity index (χ2v) is 8.07. The Morgan fingerprint density at radius 3 is 1.51 bits per heavy atom. The second-order valence-electron chi connectivity index (χ2n) is 8.07. The quantitative estimate of drug-likeness (QED) is 0.361. The van der Waals surface area contributed by atoms with E-state index in [1.165, 1.54) is 67.7 Å². The number of rotatable bonds is 6. The van der Waals surface area contributed by atoms with Crippen LogP contribution in [0.1, 0.15) is 16.7 Å². The summed E-state index contributed by atoms with van der Waals surface area (Å²) in [5, 5.41) is 0. The van der Waals surface area contributed by atoms with Gasteiger partial charge in [0.2, 0.25) is 0 Å². The lowest BCUT2D eigenvalue weighted by atomic mass is 10.0. The Morgan fingerprint density at radius 2 is 1.08 bits per heavy atom. The predicted molar refractivity (Wildman–Crippen MR) is 126 cm³/mol. The van der Waals surface area contributed by atoms with Gasteiger partial charge in [-0.25, -0.2) is 9.98 Å². The number of methoxy groups -OCH3 is 2. The molecule has 0 atom stereocenters. The standard InChI is InChI=1S/C26H21F6N3O2/c1-36-20-12-8-17(9-13-20)16-35-22(18-6-4-3-5-7-18)33-24(25(27,28)29,26(30,31)32)34-23(35)19-10-14-21(37-2)15-11-19/h3-15H,16H2,1-2H3. The highest BCUT2D eigenvalue weighted by Gasteiger charge is 2.74. The van der Waals surface area contributed by atoms with Crippen LogP contribution in [0, 0.1) is 0 Å². The van der Waals surface area contributed by atoms with Crippen molar-refractivity contribution >= 4 is 11.7 Å². The van der Waals surface area contributed by atoms with Crippen molar-refractivity contribution in [2.24, 2.45) is 9.98 Å². The van der Waals surface area contributed by atoms with E-state index >= 15 is 0 Å². The number of hydrogen-bond donors (Lipinski definition) is 0. The lowest BCUT2D eigenvalue weighted by molar-refractivity contribution is -0.293. The molecule has 0 N–H and O–H groups in total. The van der Waals surface area contributed by atoms with E-state index in [2.05, 4.69) is 9.98 Å². The van der Waals surface area contributed by atoms with Gasteiger partial charge in [-0.1, -0.05) is 42.5 Å². The molecule has 1 aliphatic rings. The van der Waals surface area contributed by atoms with Crippen molar-refractivity contribution in [1.29, 1.82) is 0 Å². The molecule has 0 bridgehead atoms. The van der Waals surface area contributed by atoms with E-state index in [1.807, 2.05) is 0 Å². The van der Waals surface area contributed by atoms with Gasteiger partial charge in [0.25, 0.3) is 0 Å². The average Bonchev–Trinajstić information content (AvgIpc) is 2.88. The molecule has 0 fully saturated rings. The van der Waals surface area contributed by atoms with E-state index in [0.717, 1.165) is 0 Å². The van der Waals surface area contributed by atoms with Crippen molar-refractivity contribution in [3.05, 3.63) is 95.6 Å². The third-order valence-corrected chi connectivity index (χ3v) is 5.72. The maximum absolute atomic E-state index is 14.2. The number of benzene rings is 3. The molecule has 0 unspecified atom stereocenters. The molecule has 3 aromatic carbocycles. The summed E-state index contributed by atoms with van der Waals surface area (Å²) in [6.07, 6.45) is -11.7. The zero-order valence-electron chi connectivity index (χ0n) is 19.6. The van der Waals surface area contributed by atoms with Gasteiger partial charge in [0.1, 0.15) is 23.2 Å². The van der Waals surface area contributed by atoms with Crippen LogP contribution in [0.2, 0.25) is 0 Å². The Hall–Kier alpha value is -4.02. The first-order valence-corrected chi connectivity index (χ1v) is 10.9. The van der Waals surface area contributed by atoms with Gasteiger partial charge >= 0.3 is 18.0 Å². The van der Waals surface area contributed by atoms with Crippen LogP contribution in [0.4, 0.5) is 26.3 Å². The highest BCUT2D eigenvalue weighted by Crippen LogP contribution is 2.49. The normalized spacial score (nSPS) is 15.6. The van der Waals surface area contributed by atoms with Gasteiger partial charge in [-0.05, 0) is 42.0 Å². The van der Waals surface area contributed by atoms with Crippen LogP contribution in [0.15, 0.2) is 88.8 Å².